The van der Waals surface area contributed by atoms with Crippen molar-refractivity contribution in [3.63, 3.8) is 0 Å². The second-order valence-electron chi connectivity index (χ2n) is 6.69. The number of aliphatic hydroxyl groups is 3. The molecule has 0 saturated carbocycles. The van der Waals surface area contributed by atoms with Crippen molar-refractivity contribution in [3.8, 4) is 0 Å². The van der Waals surface area contributed by atoms with Gasteiger partial charge in [0.1, 0.15) is 30.2 Å². The molecular formula is C10H17N5O17P4. The fraction of sp³-hybridized carbons (Fsp3) is 0.500. The number of imidazole rings is 1. The second-order valence-corrected chi connectivity index (χ2v) is 12.7. The van der Waals surface area contributed by atoms with E-state index < -0.39 is 62.1 Å². The van der Waals surface area contributed by atoms with Crippen molar-refractivity contribution in [1.29, 1.82) is 0 Å². The van der Waals surface area contributed by atoms with Crippen molar-refractivity contribution in [2.24, 2.45) is 0 Å². The zero-order valence-corrected chi connectivity index (χ0v) is 20.5. The van der Waals surface area contributed by atoms with Crippen LogP contribution in [-0.2, 0) is 40.5 Å². The molecule has 2 aromatic heterocycles. The SMILES string of the molecule is Nc1ncnc2c1ncn2[C@@H]1O[C@H](C(O)OP(=O)(O)OP(=O)(O)OP(=O)(O)OP(=O)(O)O)[C@@H](O)[C@H]1O. The lowest BCUT2D eigenvalue weighted by Gasteiger charge is -2.24. The summed E-state index contributed by atoms with van der Waals surface area (Å²) in [4.78, 5) is 56.4. The molecule has 0 spiro atoms. The Morgan fingerprint density at radius 3 is 2.11 bits per heavy atom. The summed E-state index contributed by atoms with van der Waals surface area (Å²) in [6.45, 7) is 0. The van der Waals surface area contributed by atoms with Gasteiger partial charge in [0, 0.05) is 0 Å². The standard InChI is InChI=1S/C10H17N5O17P4/c11-7-3-8(13-1-12-7)15(2-14-3)9-5(17)4(16)6(28-9)10(18)29-34(22,23)31-36(26,27)32-35(24,25)30-33(19,20)21/h1-2,4-6,9-10,16-18H,(H,22,23)(H,24,25)(H,26,27)(H2,11,12,13)(H2,19,20,21)/t4-,5+,6-,9+,10?/m0/s1. The second kappa shape index (κ2) is 10.1. The van der Waals surface area contributed by atoms with Gasteiger partial charge in [0.25, 0.3) is 0 Å². The lowest BCUT2D eigenvalue weighted by Crippen LogP contribution is -2.39. The zero-order valence-electron chi connectivity index (χ0n) is 16.9. The van der Waals surface area contributed by atoms with E-state index in [0.29, 0.717) is 0 Å². The average Bonchev–Trinajstić information content (AvgIpc) is 3.20. The van der Waals surface area contributed by atoms with E-state index in [0.717, 1.165) is 17.2 Å². The van der Waals surface area contributed by atoms with Gasteiger partial charge >= 0.3 is 31.3 Å². The van der Waals surface area contributed by atoms with Gasteiger partial charge in [-0.05, 0) is 0 Å². The molecule has 204 valence electrons. The first-order valence-corrected chi connectivity index (χ1v) is 14.8. The first-order chi connectivity index (χ1) is 16.3. The fourth-order valence-electron chi connectivity index (χ4n) is 2.85. The molecule has 3 heterocycles. The highest BCUT2D eigenvalue weighted by Gasteiger charge is 2.51. The molecule has 0 radical (unpaired) electrons. The Morgan fingerprint density at radius 1 is 0.917 bits per heavy atom. The van der Waals surface area contributed by atoms with E-state index in [1.165, 1.54) is 0 Å². The molecule has 1 aliphatic heterocycles. The van der Waals surface area contributed by atoms with E-state index in [4.69, 9.17) is 25.2 Å². The molecule has 1 aliphatic rings. The quantitative estimate of drug-likeness (QED) is 0.103. The van der Waals surface area contributed by atoms with Gasteiger partial charge in [-0.25, -0.2) is 33.2 Å². The lowest BCUT2D eigenvalue weighted by atomic mass is 10.1. The van der Waals surface area contributed by atoms with Gasteiger partial charge in [-0.1, -0.05) is 0 Å². The van der Waals surface area contributed by atoms with Crippen molar-refractivity contribution in [2.75, 3.05) is 5.73 Å². The van der Waals surface area contributed by atoms with E-state index in [9.17, 15) is 43.4 Å². The van der Waals surface area contributed by atoms with Crippen LogP contribution < -0.4 is 5.73 Å². The number of hydrogen-bond acceptors (Lipinski definition) is 16. The molecular weight excluding hydrogens is 586 g/mol. The maximum atomic E-state index is 12.0. The Balaban J connectivity index is 1.71. The highest BCUT2D eigenvalue weighted by atomic mass is 31.3. The summed E-state index contributed by atoms with van der Waals surface area (Å²) in [7, 11) is -23.8. The minimum atomic E-state index is -6.14. The third-order valence-corrected chi connectivity index (χ3v) is 9.54. The van der Waals surface area contributed by atoms with Gasteiger partial charge < -0.3 is 50.3 Å². The Kier molecular flexibility index (Phi) is 8.25. The predicted octanol–water partition coefficient (Wildman–Crippen LogP) is -2.19. The zero-order chi connectivity index (χ0) is 27.3. The molecule has 3 rings (SSSR count). The van der Waals surface area contributed by atoms with E-state index in [1.807, 2.05) is 0 Å². The van der Waals surface area contributed by atoms with Crippen molar-refractivity contribution in [3.05, 3.63) is 12.7 Å². The highest BCUT2D eigenvalue weighted by Crippen LogP contribution is 2.70. The number of hydrogen-bond donors (Lipinski definition) is 9. The van der Waals surface area contributed by atoms with Crippen LogP contribution in [0.2, 0.25) is 0 Å². The van der Waals surface area contributed by atoms with Crippen LogP contribution in [0.3, 0.4) is 0 Å². The first-order valence-electron chi connectivity index (χ1n) is 8.80. The molecule has 10 N–H and O–H groups in total. The molecule has 0 amide bonds. The number of nitrogens with two attached hydrogens (primary N) is 1. The van der Waals surface area contributed by atoms with Crippen LogP contribution in [0.5, 0.6) is 0 Å². The van der Waals surface area contributed by atoms with Crippen molar-refractivity contribution >= 4 is 48.3 Å². The maximum Gasteiger partial charge on any atom is 0.490 e. The van der Waals surface area contributed by atoms with E-state index in [-0.39, 0.29) is 17.0 Å². The van der Waals surface area contributed by atoms with Crippen molar-refractivity contribution in [2.45, 2.75) is 30.8 Å². The van der Waals surface area contributed by atoms with Gasteiger partial charge in [0.05, 0.1) is 6.33 Å². The summed E-state index contributed by atoms with van der Waals surface area (Å²) in [5.41, 5.74) is 5.75. The van der Waals surface area contributed by atoms with Crippen LogP contribution in [0.4, 0.5) is 5.82 Å². The van der Waals surface area contributed by atoms with Gasteiger partial charge in [-0.15, -0.1) is 0 Å². The predicted molar refractivity (Wildman–Crippen MR) is 108 cm³/mol. The minimum absolute atomic E-state index is 0.0234. The number of phosphoric acid groups is 4. The summed E-state index contributed by atoms with van der Waals surface area (Å²) >= 11 is 0. The summed E-state index contributed by atoms with van der Waals surface area (Å²) in [6, 6.07) is 0. The first kappa shape index (κ1) is 29.3. The Morgan fingerprint density at radius 2 is 1.50 bits per heavy atom. The third kappa shape index (κ3) is 6.98. The normalized spacial score (nSPS) is 28.9. The maximum absolute atomic E-state index is 12.0. The Bertz CT molecular complexity index is 1310. The number of phosphoric ester groups is 1. The number of rotatable bonds is 10. The van der Waals surface area contributed by atoms with Crippen molar-refractivity contribution < 1.29 is 80.2 Å². The number of nitrogens with zero attached hydrogens (tertiary/aromatic N) is 4. The summed E-state index contributed by atoms with van der Waals surface area (Å²) in [5.74, 6) is -0.0423. The van der Waals surface area contributed by atoms with Crippen LogP contribution in [0.15, 0.2) is 12.7 Å². The van der Waals surface area contributed by atoms with Crippen LogP contribution in [-0.4, -0.2) is 83.9 Å². The Labute approximate surface area is 197 Å². The average molecular weight is 603 g/mol. The molecule has 22 nitrogen and oxygen atoms in total. The molecule has 8 atom stereocenters. The minimum Gasteiger partial charge on any atom is -0.387 e. The van der Waals surface area contributed by atoms with E-state index in [1.54, 1.807) is 0 Å². The van der Waals surface area contributed by atoms with Gasteiger partial charge in [-0.3, -0.25) is 9.09 Å². The van der Waals surface area contributed by atoms with Crippen LogP contribution in [0, 0.1) is 0 Å². The fourth-order valence-corrected chi connectivity index (χ4v) is 7.33. The molecule has 2 aromatic rings. The molecule has 36 heavy (non-hydrogen) atoms. The number of ether oxygens (including phenoxy) is 1. The molecule has 0 aromatic carbocycles. The third-order valence-electron chi connectivity index (χ3n) is 4.08. The van der Waals surface area contributed by atoms with Crippen molar-refractivity contribution in [1.82, 2.24) is 19.5 Å². The molecule has 1 fully saturated rings. The number of aromatic nitrogens is 4. The topological polar surface area (TPSA) is 346 Å². The number of aliphatic hydroxyl groups excluding tert-OH is 3. The molecule has 0 aliphatic carbocycles. The lowest BCUT2D eigenvalue weighted by molar-refractivity contribution is -0.160. The molecule has 26 heteroatoms. The molecule has 0 bridgehead atoms. The van der Waals surface area contributed by atoms with E-state index >= 15 is 0 Å². The number of nitrogen functional groups attached to an aromatic ring is 1. The smallest absolute Gasteiger partial charge is 0.387 e. The van der Waals surface area contributed by atoms with E-state index in [2.05, 4.69) is 32.4 Å². The van der Waals surface area contributed by atoms with Crippen LogP contribution in [0.25, 0.3) is 11.2 Å². The molecule has 1 saturated heterocycles. The monoisotopic (exact) mass is 603 g/mol. The summed E-state index contributed by atoms with van der Waals surface area (Å²) in [5, 5.41) is 30.6. The Hall–Kier alpha value is -1.25. The number of fused-ring (bicyclic) bond motifs is 1. The van der Waals surface area contributed by atoms with Crippen LogP contribution in [0.1, 0.15) is 6.23 Å². The molecule has 4 unspecified atom stereocenters. The highest BCUT2D eigenvalue weighted by molar-refractivity contribution is 7.69. The summed E-state index contributed by atoms with van der Waals surface area (Å²) < 4.78 is 66.4. The largest absolute Gasteiger partial charge is 0.490 e. The summed E-state index contributed by atoms with van der Waals surface area (Å²) in [6.07, 6.45) is -7.94. The van der Waals surface area contributed by atoms with Gasteiger partial charge in [0.15, 0.2) is 24.0 Å². The van der Waals surface area contributed by atoms with Crippen LogP contribution >= 0.6 is 31.3 Å². The van der Waals surface area contributed by atoms with Gasteiger partial charge in [0.2, 0.25) is 0 Å². The number of anilines is 1. The van der Waals surface area contributed by atoms with Gasteiger partial charge in [-0.2, -0.15) is 12.9 Å².